The van der Waals surface area contributed by atoms with E-state index in [1.807, 2.05) is 36.5 Å². The molecule has 0 radical (unpaired) electrons. The second-order valence-electron chi connectivity index (χ2n) is 13.7. The van der Waals surface area contributed by atoms with Crippen molar-refractivity contribution >= 4 is 19.8 Å². The van der Waals surface area contributed by atoms with Crippen LogP contribution < -0.4 is 5.73 Å². The molecule has 0 aliphatic heterocycles. The van der Waals surface area contributed by atoms with Crippen molar-refractivity contribution in [3.63, 3.8) is 0 Å². The van der Waals surface area contributed by atoms with Crippen LogP contribution in [0.4, 0.5) is 0 Å². The van der Waals surface area contributed by atoms with E-state index in [-0.39, 0.29) is 32.6 Å². The highest BCUT2D eigenvalue weighted by Gasteiger charge is 2.25. The maximum absolute atomic E-state index is 12.6. The van der Waals surface area contributed by atoms with Crippen LogP contribution in [0.2, 0.25) is 0 Å². The van der Waals surface area contributed by atoms with Gasteiger partial charge in [-0.05, 0) is 83.5 Å². The summed E-state index contributed by atoms with van der Waals surface area (Å²) in [7, 11) is -4.42. The predicted octanol–water partition coefficient (Wildman–Crippen LogP) is 11.0. The van der Waals surface area contributed by atoms with Crippen molar-refractivity contribution in [1.29, 1.82) is 0 Å². The second-order valence-corrected chi connectivity index (χ2v) is 15.2. The van der Waals surface area contributed by atoms with E-state index in [4.69, 9.17) is 24.3 Å². The fraction of sp³-hybridized carbons (Fsp3) is 0.644. The molecule has 10 nitrogen and oxygen atoms in total. The molecule has 0 fully saturated rings. The number of aliphatic hydroxyl groups is 1. The summed E-state index contributed by atoms with van der Waals surface area (Å²) < 4.78 is 32.6. The number of esters is 2. The van der Waals surface area contributed by atoms with Gasteiger partial charge in [0.05, 0.1) is 19.3 Å². The lowest BCUT2D eigenvalue weighted by Crippen LogP contribution is -2.29. The van der Waals surface area contributed by atoms with Gasteiger partial charge in [0.1, 0.15) is 6.61 Å². The van der Waals surface area contributed by atoms with Crippen LogP contribution >= 0.6 is 7.82 Å². The first-order valence-corrected chi connectivity index (χ1v) is 22.7. The van der Waals surface area contributed by atoms with E-state index in [1.165, 1.54) is 44.9 Å². The Bertz CT molecular complexity index is 1210. The lowest BCUT2D eigenvalue weighted by atomic mass is 10.1. The third kappa shape index (κ3) is 39.4. The lowest BCUT2D eigenvalue weighted by molar-refractivity contribution is -0.161. The van der Waals surface area contributed by atoms with Crippen molar-refractivity contribution in [3.05, 3.63) is 85.1 Å². The number of carbonyl (C=O) groups excluding carboxylic acids is 2. The van der Waals surface area contributed by atoms with E-state index in [0.717, 1.165) is 44.9 Å². The molecule has 0 amide bonds. The number of phosphoric ester groups is 1. The van der Waals surface area contributed by atoms with Gasteiger partial charge in [0.15, 0.2) is 6.10 Å². The number of hydrogen-bond acceptors (Lipinski definition) is 9. The molecule has 11 heteroatoms. The molecule has 0 saturated heterocycles. The number of ether oxygens (including phenoxy) is 2. The van der Waals surface area contributed by atoms with Gasteiger partial charge in [0.25, 0.3) is 0 Å². The van der Waals surface area contributed by atoms with Crippen LogP contribution in [-0.4, -0.2) is 60.5 Å². The average molecular weight is 806 g/mol. The summed E-state index contributed by atoms with van der Waals surface area (Å²) in [6.45, 7) is 3.46. The molecular weight excluding hydrogens is 729 g/mol. The SMILES string of the molecule is CCCCC/C=C\C/C=C\C/C=C\CCCCCCC(=O)OC[C@H](COP(=O)(O)OCCN)OC(=O)CCC/C=C\C/C=C\C=C\[C@@H](O)C/C=C\CCCCC. The molecule has 0 rings (SSSR count). The topological polar surface area (TPSA) is 155 Å². The van der Waals surface area contributed by atoms with Gasteiger partial charge in [-0.1, -0.05) is 137 Å². The lowest BCUT2D eigenvalue weighted by Gasteiger charge is -2.19. The first-order valence-electron chi connectivity index (χ1n) is 21.2. The fourth-order valence-corrected chi connectivity index (χ4v) is 5.89. The van der Waals surface area contributed by atoms with Crippen molar-refractivity contribution in [2.24, 2.45) is 5.73 Å². The molecule has 1 unspecified atom stereocenters. The van der Waals surface area contributed by atoms with Crippen molar-refractivity contribution in [2.75, 3.05) is 26.4 Å². The first kappa shape index (κ1) is 53.1. The minimum absolute atomic E-state index is 0.0269. The van der Waals surface area contributed by atoms with Crippen molar-refractivity contribution in [1.82, 2.24) is 0 Å². The molecule has 0 aromatic rings. The monoisotopic (exact) mass is 806 g/mol. The van der Waals surface area contributed by atoms with E-state index < -0.39 is 38.6 Å². The number of aliphatic hydroxyl groups excluding tert-OH is 1. The van der Waals surface area contributed by atoms with Gasteiger partial charge in [0.2, 0.25) is 0 Å². The van der Waals surface area contributed by atoms with Crippen LogP contribution in [0, 0.1) is 0 Å². The van der Waals surface area contributed by atoms with Gasteiger partial charge >= 0.3 is 19.8 Å². The van der Waals surface area contributed by atoms with Gasteiger partial charge in [-0.3, -0.25) is 18.6 Å². The molecule has 0 aromatic carbocycles. The summed E-state index contributed by atoms with van der Waals surface area (Å²) in [4.78, 5) is 34.8. The molecule has 0 aliphatic rings. The van der Waals surface area contributed by atoms with Gasteiger partial charge in [0, 0.05) is 19.4 Å². The van der Waals surface area contributed by atoms with Crippen LogP contribution in [0.25, 0.3) is 0 Å². The zero-order valence-electron chi connectivity index (χ0n) is 34.7. The second kappa shape index (κ2) is 40.4. The minimum atomic E-state index is -4.42. The molecule has 0 bridgehead atoms. The Labute approximate surface area is 339 Å². The fourth-order valence-electron chi connectivity index (χ4n) is 5.13. The summed E-state index contributed by atoms with van der Waals surface area (Å²) in [6, 6.07) is 0. The maximum atomic E-state index is 12.6. The first-order chi connectivity index (χ1) is 27.2. The average Bonchev–Trinajstić information content (AvgIpc) is 3.18. The zero-order chi connectivity index (χ0) is 41.2. The van der Waals surface area contributed by atoms with Crippen LogP contribution in [0.5, 0.6) is 0 Å². The Morgan fingerprint density at radius 3 is 1.79 bits per heavy atom. The van der Waals surface area contributed by atoms with Crippen molar-refractivity contribution in [3.8, 4) is 0 Å². The molecule has 4 N–H and O–H groups in total. The van der Waals surface area contributed by atoms with Crippen LogP contribution in [-0.2, 0) is 32.7 Å². The molecule has 56 heavy (non-hydrogen) atoms. The highest BCUT2D eigenvalue weighted by molar-refractivity contribution is 7.47. The Balaban J connectivity index is 4.40. The molecule has 0 saturated carbocycles. The number of phosphoric acid groups is 1. The molecule has 0 spiro atoms. The van der Waals surface area contributed by atoms with E-state index >= 15 is 0 Å². The minimum Gasteiger partial charge on any atom is -0.462 e. The Morgan fingerprint density at radius 1 is 0.625 bits per heavy atom. The Hall–Kier alpha value is -2.85. The third-order valence-corrected chi connectivity index (χ3v) is 9.32. The van der Waals surface area contributed by atoms with Crippen LogP contribution in [0.15, 0.2) is 85.1 Å². The normalized spacial score (nSPS) is 14.7. The largest absolute Gasteiger partial charge is 0.472 e. The zero-order valence-corrected chi connectivity index (χ0v) is 35.6. The van der Waals surface area contributed by atoms with Gasteiger partial charge < -0.3 is 25.2 Å². The number of nitrogens with two attached hydrogens (primary N) is 1. The number of rotatable bonds is 38. The number of allylic oxidation sites excluding steroid dienone is 12. The standard InChI is InChI=1S/C45H76NO9P/c1-3-5-7-9-11-12-13-14-15-16-17-18-19-20-24-28-32-36-44(48)52-40-43(41-54-56(50,51)53-39-38-46)55-45(49)37-33-29-25-22-21-23-27-31-35-42(47)34-30-26-10-8-6-4-2/h11-12,14-15,17-18,22-23,25-27,30-31,35,42-43,47H,3-10,13,16,19-21,24,28-29,32-34,36-41,46H2,1-2H3,(H,50,51)/b12-11-,15-14-,18-17-,25-22-,27-23-,30-26-,35-31+/t42-,43+/m0/s1. The van der Waals surface area contributed by atoms with Gasteiger partial charge in [-0.15, -0.1) is 0 Å². The number of carbonyl (C=O) groups is 2. The summed E-state index contributed by atoms with van der Waals surface area (Å²) in [6.07, 6.45) is 46.4. The molecule has 0 aliphatic carbocycles. The molecule has 320 valence electrons. The number of unbranched alkanes of at least 4 members (excludes halogenated alkanes) is 11. The summed E-state index contributed by atoms with van der Waals surface area (Å²) >= 11 is 0. The number of hydrogen-bond donors (Lipinski definition) is 3. The van der Waals surface area contributed by atoms with Gasteiger partial charge in [-0.2, -0.15) is 0 Å². The predicted molar refractivity (Wildman–Crippen MR) is 230 cm³/mol. The van der Waals surface area contributed by atoms with Crippen LogP contribution in [0.3, 0.4) is 0 Å². The summed E-state index contributed by atoms with van der Waals surface area (Å²) in [5.74, 6) is -0.968. The quantitative estimate of drug-likeness (QED) is 0.0180. The van der Waals surface area contributed by atoms with E-state index in [0.29, 0.717) is 32.1 Å². The van der Waals surface area contributed by atoms with Crippen molar-refractivity contribution in [2.45, 2.75) is 161 Å². The molecular formula is C45H76NO9P. The molecule has 0 heterocycles. The van der Waals surface area contributed by atoms with E-state index in [2.05, 4.69) is 56.4 Å². The van der Waals surface area contributed by atoms with E-state index in [1.54, 1.807) is 6.08 Å². The highest BCUT2D eigenvalue weighted by Crippen LogP contribution is 2.43. The smallest absolute Gasteiger partial charge is 0.462 e. The molecule has 3 atom stereocenters. The summed E-state index contributed by atoms with van der Waals surface area (Å²) in [5, 5.41) is 10.0. The Morgan fingerprint density at radius 2 is 1.16 bits per heavy atom. The summed E-state index contributed by atoms with van der Waals surface area (Å²) in [5.41, 5.74) is 5.33. The Kier molecular flexibility index (Phi) is 38.3. The van der Waals surface area contributed by atoms with Crippen LogP contribution in [0.1, 0.15) is 149 Å². The third-order valence-electron chi connectivity index (χ3n) is 8.33. The highest BCUT2D eigenvalue weighted by atomic mass is 31.2. The van der Waals surface area contributed by atoms with Crippen molar-refractivity contribution < 1.29 is 42.7 Å². The van der Waals surface area contributed by atoms with Gasteiger partial charge in [-0.25, -0.2) is 4.57 Å². The molecule has 0 aromatic heterocycles. The maximum Gasteiger partial charge on any atom is 0.472 e. The van der Waals surface area contributed by atoms with E-state index in [9.17, 15) is 24.2 Å².